The van der Waals surface area contributed by atoms with Crippen LogP contribution in [0.4, 0.5) is 17.1 Å². The van der Waals surface area contributed by atoms with Gasteiger partial charge >= 0.3 is 5.97 Å². The molecule has 136 valence electrons. The summed E-state index contributed by atoms with van der Waals surface area (Å²) in [6.07, 6.45) is 0. The highest BCUT2D eigenvalue weighted by atomic mass is 32.2. The Kier molecular flexibility index (Phi) is 4.75. The normalized spacial score (nSPS) is 13.4. The summed E-state index contributed by atoms with van der Waals surface area (Å²) in [5, 5.41) is 8.85. The van der Waals surface area contributed by atoms with Gasteiger partial charge in [-0.05, 0) is 48.5 Å². The number of carbonyl (C=O) groups is 1. The van der Waals surface area contributed by atoms with Crippen LogP contribution in [0.1, 0.15) is 0 Å². The van der Waals surface area contributed by atoms with Crippen molar-refractivity contribution >= 4 is 34.8 Å². The number of hydrogen-bond acceptors (Lipinski definition) is 5. The Labute approximate surface area is 161 Å². The third kappa shape index (κ3) is 3.49. The van der Waals surface area contributed by atoms with Crippen molar-refractivity contribution in [2.24, 2.45) is 5.73 Å². The Hall–Kier alpha value is -2.96. The molecule has 0 saturated heterocycles. The van der Waals surface area contributed by atoms with Gasteiger partial charge in [-0.2, -0.15) is 0 Å². The number of rotatable bonds is 5. The van der Waals surface area contributed by atoms with E-state index in [0.717, 1.165) is 17.1 Å². The molecule has 0 saturated carbocycles. The minimum Gasteiger partial charge on any atom is -0.491 e. The van der Waals surface area contributed by atoms with Crippen LogP contribution >= 0.6 is 11.8 Å². The lowest BCUT2D eigenvalue weighted by Gasteiger charge is -2.32. The summed E-state index contributed by atoms with van der Waals surface area (Å²) in [5.41, 5.74) is 8.74. The van der Waals surface area contributed by atoms with Gasteiger partial charge < -0.3 is 20.5 Å². The largest absolute Gasteiger partial charge is 0.491 e. The van der Waals surface area contributed by atoms with Gasteiger partial charge in [0, 0.05) is 15.5 Å². The summed E-state index contributed by atoms with van der Waals surface area (Å²) in [7, 11) is 0. The second-order valence-corrected chi connectivity index (χ2v) is 7.21. The van der Waals surface area contributed by atoms with Crippen molar-refractivity contribution in [1.29, 1.82) is 0 Å². The number of hydrogen-bond donors (Lipinski definition) is 2. The van der Waals surface area contributed by atoms with Crippen LogP contribution in [0, 0.1) is 0 Å². The topological polar surface area (TPSA) is 75.8 Å². The maximum atomic E-state index is 10.8. The van der Waals surface area contributed by atoms with Crippen LogP contribution in [0.25, 0.3) is 0 Å². The molecule has 3 N–H and O–H groups in total. The first kappa shape index (κ1) is 17.5. The Bertz CT molecular complexity index is 930. The third-order valence-corrected chi connectivity index (χ3v) is 5.40. The molecule has 1 heterocycles. The fourth-order valence-electron chi connectivity index (χ4n) is 2.93. The SMILES string of the molecule is N[C@@H](COc1ccc(N2c3ccccc3Sc3ccccc32)cc1)C(=O)O. The molecular weight excluding hydrogens is 360 g/mol. The molecule has 3 aromatic carbocycles. The maximum absolute atomic E-state index is 10.8. The smallest absolute Gasteiger partial charge is 0.324 e. The number of ether oxygens (including phenoxy) is 1. The first-order valence-electron chi connectivity index (χ1n) is 8.51. The van der Waals surface area contributed by atoms with Crippen molar-refractivity contribution < 1.29 is 14.6 Å². The van der Waals surface area contributed by atoms with E-state index in [0.29, 0.717) is 5.75 Å². The van der Waals surface area contributed by atoms with Crippen LogP contribution in [-0.4, -0.2) is 23.7 Å². The molecule has 0 amide bonds. The molecule has 4 rings (SSSR count). The molecule has 0 aliphatic carbocycles. The second-order valence-electron chi connectivity index (χ2n) is 6.12. The van der Waals surface area contributed by atoms with Crippen LogP contribution in [0.3, 0.4) is 0 Å². The fourth-order valence-corrected chi connectivity index (χ4v) is 3.99. The summed E-state index contributed by atoms with van der Waals surface area (Å²) >= 11 is 1.76. The molecule has 1 aliphatic heterocycles. The Morgan fingerprint density at radius 1 is 0.963 bits per heavy atom. The number of benzene rings is 3. The molecule has 3 aromatic rings. The van der Waals surface area contributed by atoms with E-state index in [2.05, 4.69) is 29.2 Å². The molecule has 1 atom stereocenters. The lowest BCUT2D eigenvalue weighted by atomic mass is 10.2. The van der Waals surface area contributed by atoms with E-state index in [9.17, 15) is 4.79 Å². The zero-order valence-corrected chi connectivity index (χ0v) is 15.2. The van der Waals surface area contributed by atoms with Gasteiger partial charge in [0.2, 0.25) is 0 Å². The number of nitrogens with two attached hydrogens (primary N) is 1. The molecule has 6 heteroatoms. The average molecular weight is 378 g/mol. The summed E-state index contributed by atoms with van der Waals surface area (Å²) in [6, 6.07) is 23.1. The molecular formula is C21H18N2O3S. The Morgan fingerprint density at radius 2 is 1.52 bits per heavy atom. The van der Waals surface area contributed by atoms with Crippen molar-refractivity contribution in [1.82, 2.24) is 0 Å². The van der Waals surface area contributed by atoms with Crippen LogP contribution in [0.5, 0.6) is 5.75 Å². The number of para-hydroxylation sites is 2. The van der Waals surface area contributed by atoms with E-state index in [1.807, 2.05) is 48.5 Å². The van der Waals surface area contributed by atoms with Gasteiger partial charge in [-0.15, -0.1) is 0 Å². The molecule has 0 fully saturated rings. The van der Waals surface area contributed by atoms with Crippen LogP contribution in [-0.2, 0) is 4.79 Å². The Morgan fingerprint density at radius 3 is 2.07 bits per heavy atom. The summed E-state index contributed by atoms with van der Waals surface area (Å²) in [4.78, 5) is 15.4. The number of carboxylic acids is 1. The summed E-state index contributed by atoms with van der Waals surface area (Å²) in [6.45, 7) is -0.0687. The highest BCUT2D eigenvalue weighted by Crippen LogP contribution is 2.51. The van der Waals surface area contributed by atoms with Crippen molar-refractivity contribution in [2.75, 3.05) is 11.5 Å². The third-order valence-electron chi connectivity index (χ3n) is 4.27. The highest BCUT2D eigenvalue weighted by Gasteiger charge is 2.24. The van der Waals surface area contributed by atoms with Crippen LogP contribution < -0.4 is 15.4 Å². The molecule has 0 radical (unpaired) electrons. The van der Waals surface area contributed by atoms with Crippen LogP contribution in [0.15, 0.2) is 82.6 Å². The number of carboxylic acid groups (broad SMARTS) is 1. The highest BCUT2D eigenvalue weighted by molar-refractivity contribution is 7.99. The van der Waals surface area contributed by atoms with Gasteiger partial charge in [0.25, 0.3) is 0 Å². The van der Waals surface area contributed by atoms with Gasteiger partial charge in [0.1, 0.15) is 18.4 Å². The predicted molar refractivity (Wildman–Crippen MR) is 106 cm³/mol. The average Bonchev–Trinajstić information content (AvgIpc) is 2.70. The first-order chi connectivity index (χ1) is 13.1. The number of nitrogens with zero attached hydrogens (tertiary/aromatic N) is 1. The van der Waals surface area contributed by atoms with Gasteiger partial charge in [-0.1, -0.05) is 36.0 Å². The van der Waals surface area contributed by atoms with Crippen molar-refractivity contribution in [2.45, 2.75) is 15.8 Å². The summed E-state index contributed by atoms with van der Waals surface area (Å²) < 4.78 is 5.48. The zero-order valence-electron chi connectivity index (χ0n) is 14.4. The van der Waals surface area contributed by atoms with Crippen molar-refractivity contribution in [3.05, 3.63) is 72.8 Å². The second kappa shape index (κ2) is 7.34. The zero-order chi connectivity index (χ0) is 18.8. The number of fused-ring (bicyclic) bond motifs is 2. The van der Waals surface area contributed by atoms with Gasteiger partial charge in [0.05, 0.1) is 11.4 Å². The van der Waals surface area contributed by atoms with E-state index in [1.165, 1.54) is 9.79 Å². The molecule has 0 bridgehead atoms. The molecule has 5 nitrogen and oxygen atoms in total. The predicted octanol–water partition coefficient (Wildman–Crippen LogP) is 4.41. The molecule has 0 aromatic heterocycles. The Balaban J connectivity index is 1.64. The number of anilines is 3. The van der Waals surface area contributed by atoms with E-state index < -0.39 is 12.0 Å². The lowest BCUT2D eigenvalue weighted by Crippen LogP contribution is -2.36. The first-order valence-corrected chi connectivity index (χ1v) is 9.32. The van der Waals surface area contributed by atoms with Gasteiger partial charge in [0.15, 0.2) is 0 Å². The minimum atomic E-state index is -1.08. The van der Waals surface area contributed by atoms with E-state index in [-0.39, 0.29) is 6.61 Å². The van der Waals surface area contributed by atoms with Crippen molar-refractivity contribution in [3.63, 3.8) is 0 Å². The van der Waals surface area contributed by atoms with Crippen molar-refractivity contribution in [3.8, 4) is 5.75 Å². The molecule has 0 unspecified atom stereocenters. The maximum Gasteiger partial charge on any atom is 0.324 e. The lowest BCUT2D eigenvalue weighted by molar-refractivity contribution is -0.139. The van der Waals surface area contributed by atoms with Gasteiger partial charge in [-0.25, -0.2) is 0 Å². The van der Waals surface area contributed by atoms with E-state index in [4.69, 9.17) is 15.6 Å². The minimum absolute atomic E-state index is 0.0687. The molecule has 0 spiro atoms. The van der Waals surface area contributed by atoms with E-state index >= 15 is 0 Å². The quantitative estimate of drug-likeness (QED) is 0.536. The molecule has 27 heavy (non-hydrogen) atoms. The van der Waals surface area contributed by atoms with E-state index in [1.54, 1.807) is 11.8 Å². The fraction of sp³-hybridized carbons (Fsp3) is 0.0952. The van der Waals surface area contributed by atoms with Gasteiger partial charge in [-0.3, -0.25) is 4.79 Å². The van der Waals surface area contributed by atoms with Crippen LogP contribution in [0.2, 0.25) is 0 Å². The monoisotopic (exact) mass is 378 g/mol. The molecule has 1 aliphatic rings. The summed E-state index contributed by atoms with van der Waals surface area (Å²) in [5.74, 6) is -0.492. The standard InChI is InChI=1S/C21H18N2O3S/c22-16(21(24)25)13-26-15-11-9-14(10-12-15)23-17-5-1-3-7-19(17)27-20-8-4-2-6-18(20)23/h1-12,16H,13,22H2,(H,24,25)/t16-/m0/s1. The number of aliphatic carboxylic acids is 1.